The minimum Gasteiger partial charge on any atom is -0.452 e. The van der Waals surface area contributed by atoms with E-state index in [-0.39, 0.29) is 12.5 Å². The fourth-order valence-corrected chi connectivity index (χ4v) is 2.99. The highest BCUT2D eigenvalue weighted by molar-refractivity contribution is 5.95. The number of carbonyl (C=O) groups is 2. The molecule has 1 saturated carbocycles. The van der Waals surface area contributed by atoms with Gasteiger partial charge in [-0.25, -0.2) is 4.79 Å². The Bertz CT molecular complexity index is 799. The molecular formula is C17H22N4O3. The van der Waals surface area contributed by atoms with E-state index >= 15 is 0 Å². The molecule has 0 bridgehead atoms. The number of carbonyl (C=O) groups excluding carboxylic acids is 2. The van der Waals surface area contributed by atoms with Crippen LogP contribution < -0.4 is 5.32 Å². The normalized spacial score (nSPS) is 13.8. The van der Waals surface area contributed by atoms with Crippen LogP contribution in [-0.4, -0.2) is 32.8 Å². The molecule has 7 nitrogen and oxygen atoms in total. The van der Waals surface area contributed by atoms with Gasteiger partial charge in [-0.05, 0) is 39.7 Å². The molecule has 1 amide bonds. The molecule has 7 heteroatoms. The number of anilines is 1. The highest BCUT2D eigenvalue weighted by Gasteiger charge is 2.28. The molecule has 1 aliphatic carbocycles. The van der Waals surface area contributed by atoms with Crippen molar-refractivity contribution in [2.45, 2.75) is 39.7 Å². The minimum absolute atomic E-state index is 0.323. The third-order valence-electron chi connectivity index (χ3n) is 4.22. The lowest BCUT2D eigenvalue weighted by Crippen LogP contribution is -2.22. The lowest BCUT2D eigenvalue weighted by molar-refractivity contribution is -0.119. The maximum atomic E-state index is 12.3. The molecule has 24 heavy (non-hydrogen) atoms. The van der Waals surface area contributed by atoms with Crippen molar-refractivity contribution in [1.29, 1.82) is 0 Å². The van der Waals surface area contributed by atoms with E-state index in [2.05, 4.69) is 15.0 Å². The van der Waals surface area contributed by atoms with Crippen molar-refractivity contribution in [1.82, 2.24) is 14.3 Å². The second kappa shape index (κ2) is 6.14. The lowest BCUT2D eigenvalue weighted by atomic mass is 10.2. The molecule has 0 atom stereocenters. The Morgan fingerprint density at radius 3 is 2.58 bits per heavy atom. The molecular weight excluding hydrogens is 308 g/mol. The van der Waals surface area contributed by atoms with Crippen molar-refractivity contribution in [3.63, 3.8) is 0 Å². The van der Waals surface area contributed by atoms with Crippen LogP contribution in [0, 0.1) is 20.8 Å². The molecule has 3 rings (SSSR count). The zero-order chi connectivity index (χ0) is 17.4. The Morgan fingerprint density at radius 2 is 2.00 bits per heavy atom. The van der Waals surface area contributed by atoms with E-state index in [4.69, 9.17) is 4.74 Å². The van der Waals surface area contributed by atoms with Gasteiger partial charge in [-0.3, -0.25) is 9.48 Å². The summed E-state index contributed by atoms with van der Waals surface area (Å²) in [7, 11) is 1.74. The highest BCUT2D eigenvalue weighted by atomic mass is 16.5. The Balaban J connectivity index is 1.60. The molecule has 2 aromatic heterocycles. The Morgan fingerprint density at radius 1 is 1.29 bits per heavy atom. The molecule has 1 N–H and O–H groups in total. The summed E-state index contributed by atoms with van der Waals surface area (Å²) in [5.74, 6) is -0.283. The first kappa shape index (κ1) is 16.3. The van der Waals surface area contributed by atoms with Gasteiger partial charge in [-0.2, -0.15) is 5.10 Å². The molecule has 0 unspecified atom stereocenters. The van der Waals surface area contributed by atoms with Crippen molar-refractivity contribution in [3.05, 3.63) is 34.8 Å². The van der Waals surface area contributed by atoms with Gasteiger partial charge in [0.05, 0.1) is 11.3 Å². The number of hydrogen-bond acceptors (Lipinski definition) is 4. The van der Waals surface area contributed by atoms with Crippen molar-refractivity contribution >= 4 is 17.7 Å². The van der Waals surface area contributed by atoms with Gasteiger partial charge in [-0.1, -0.05) is 0 Å². The van der Waals surface area contributed by atoms with Gasteiger partial charge in [0, 0.05) is 30.5 Å². The molecule has 1 aliphatic rings. The summed E-state index contributed by atoms with van der Waals surface area (Å²) in [4.78, 5) is 24.2. The van der Waals surface area contributed by atoms with Crippen LogP contribution in [0.5, 0.6) is 0 Å². The number of aromatic nitrogens is 3. The largest absolute Gasteiger partial charge is 0.452 e. The number of amides is 1. The predicted octanol–water partition coefficient (Wildman–Crippen LogP) is 2.28. The van der Waals surface area contributed by atoms with Crippen LogP contribution in [0.1, 0.15) is 46.3 Å². The van der Waals surface area contributed by atoms with Crippen LogP contribution in [0.3, 0.4) is 0 Å². The van der Waals surface area contributed by atoms with Gasteiger partial charge in [0.15, 0.2) is 6.61 Å². The summed E-state index contributed by atoms with van der Waals surface area (Å²) in [6.45, 7) is 5.42. The average Bonchev–Trinajstić information content (AvgIpc) is 3.22. The van der Waals surface area contributed by atoms with E-state index in [1.54, 1.807) is 17.8 Å². The molecule has 2 heterocycles. The van der Waals surface area contributed by atoms with Crippen LogP contribution in [-0.2, 0) is 16.6 Å². The molecule has 0 radical (unpaired) electrons. The van der Waals surface area contributed by atoms with Crippen molar-refractivity contribution in [2.24, 2.45) is 7.05 Å². The molecule has 0 saturated heterocycles. The number of nitrogens with zero attached hydrogens (tertiary/aromatic N) is 3. The number of esters is 1. The minimum atomic E-state index is -0.466. The number of rotatable bonds is 5. The van der Waals surface area contributed by atoms with Crippen LogP contribution in [0.2, 0.25) is 0 Å². The van der Waals surface area contributed by atoms with E-state index in [1.807, 2.05) is 26.8 Å². The first-order chi connectivity index (χ1) is 11.4. The van der Waals surface area contributed by atoms with Gasteiger partial charge in [0.1, 0.15) is 5.82 Å². The fraction of sp³-hybridized carbons (Fsp3) is 0.471. The highest BCUT2D eigenvalue weighted by Crippen LogP contribution is 2.38. The second-order valence-electron chi connectivity index (χ2n) is 6.30. The van der Waals surface area contributed by atoms with E-state index < -0.39 is 5.97 Å². The van der Waals surface area contributed by atoms with E-state index in [0.29, 0.717) is 17.4 Å². The number of aryl methyl sites for hydroxylation is 3. The summed E-state index contributed by atoms with van der Waals surface area (Å²) in [6, 6.07) is 4.09. The molecule has 0 spiro atoms. The molecule has 1 fully saturated rings. The summed E-state index contributed by atoms with van der Waals surface area (Å²) >= 11 is 0. The zero-order valence-corrected chi connectivity index (χ0v) is 14.4. The molecule has 128 valence electrons. The lowest BCUT2D eigenvalue weighted by Gasteiger charge is -2.08. The van der Waals surface area contributed by atoms with E-state index in [0.717, 1.165) is 29.9 Å². The fourth-order valence-electron chi connectivity index (χ4n) is 2.99. The number of ether oxygens (including phenoxy) is 1. The standard InChI is InChI=1S/C17H22N4O3/c1-10-7-15(20(4)19-10)18-16(22)9-24-17(23)14-8-11(2)21(12(14)3)13-5-6-13/h7-8,13H,5-6,9H2,1-4H3,(H,18,22). The average molecular weight is 330 g/mol. The van der Waals surface area contributed by atoms with Gasteiger partial charge in [0.25, 0.3) is 5.91 Å². The summed E-state index contributed by atoms with van der Waals surface area (Å²) in [5, 5.41) is 6.82. The van der Waals surface area contributed by atoms with Gasteiger partial charge in [-0.15, -0.1) is 0 Å². The smallest absolute Gasteiger partial charge is 0.340 e. The van der Waals surface area contributed by atoms with Crippen molar-refractivity contribution in [3.8, 4) is 0 Å². The topological polar surface area (TPSA) is 78.1 Å². The molecule has 2 aromatic rings. The Hall–Kier alpha value is -2.57. The molecule has 0 aromatic carbocycles. The predicted molar refractivity (Wildman–Crippen MR) is 89.0 cm³/mol. The Labute approximate surface area is 140 Å². The maximum Gasteiger partial charge on any atom is 0.340 e. The third kappa shape index (κ3) is 3.20. The first-order valence-corrected chi connectivity index (χ1v) is 8.03. The van der Waals surface area contributed by atoms with Gasteiger partial charge < -0.3 is 14.6 Å². The zero-order valence-electron chi connectivity index (χ0n) is 14.4. The molecule has 0 aliphatic heterocycles. The number of hydrogen-bond donors (Lipinski definition) is 1. The van der Waals surface area contributed by atoms with Crippen molar-refractivity contribution in [2.75, 3.05) is 11.9 Å². The van der Waals surface area contributed by atoms with E-state index in [9.17, 15) is 9.59 Å². The SMILES string of the molecule is Cc1cc(NC(=O)COC(=O)c2cc(C)n(C3CC3)c2C)n(C)n1. The van der Waals surface area contributed by atoms with Crippen LogP contribution in [0.4, 0.5) is 5.82 Å². The summed E-state index contributed by atoms with van der Waals surface area (Å²) in [5.41, 5.74) is 3.29. The van der Waals surface area contributed by atoms with Crippen LogP contribution >= 0.6 is 0 Å². The van der Waals surface area contributed by atoms with Crippen molar-refractivity contribution < 1.29 is 14.3 Å². The van der Waals surface area contributed by atoms with Crippen LogP contribution in [0.15, 0.2) is 12.1 Å². The third-order valence-corrected chi connectivity index (χ3v) is 4.22. The second-order valence-corrected chi connectivity index (χ2v) is 6.30. The summed E-state index contributed by atoms with van der Waals surface area (Å²) in [6.07, 6.45) is 2.30. The summed E-state index contributed by atoms with van der Waals surface area (Å²) < 4.78 is 8.91. The monoisotopic (exact) mass is 330 g/mol. The maximum absolute atomic E-state index is 12.3. The van der Waals surface area contributed by atoms with Gasteiger partial charge in [0.2, 0.25) is 0 Å². The van der Waals surface area contributed by atoms with Crippen LogP contribution in [0.25, 0.3) is 0 Å². The van der Waals surface area contributed by atoms with Gasteiger partial charge >= 0.3 is 5.97 Å². The Kier molecular flexibility index (Phi) is 4.17. The van der Waals surface area contributed by atoms with E-state index in [1.165, 1.54) is 0 Å². The number of nitrogens with one attached hydrogen (secondary N) is 1. The quantitative estimate of drug-likeness (QED) is 0.853. The first-order valence-electron chi connectivity index (χ1n) is 8.03.